The second-order valence-electron chi connectivity index (χ2n) is 4.52. The Hall–Kier alpha value is -2.13. The molecule has 0 aromatic heterocycles. The van der Waals surface area contributed by atoms with Gasteiger partial charge in [0.1, 0.15) is 0 Å². The number of halogens is 1. The monoisotopic (exact) mass is 317 g/mol. The Morgan fingerprint density at radius 3 is 2.05 bits per heavy atom. The molecule has 0 radical (unpaired) electrons. The Morgan fingerprint density at radius 2 is 1.50 bits per heavy atom. The second-order valence-corrected chi connectivity index (χ2v) is 4.96. The highest BCUT2D eigenvalue weighted by Gasteiger charge is 2.11. The van der Waals surface area contributed by atoms with Gasteiger partial charge in [-0.1, -0.05) is 55.3 Å². The van der Waals surface area contributed by atoms with Crippen molar-refractivity contribution in [3.63, 3.8) is 0 Å². The molecule has 0 bridgehead atoms. The third-order valence-electron chi connectivity index (χ3n) is 2.82. The van der Waals surface area contributed by atoms with Crippen LogP contribution in [0, 0.1) is 6.92 Å². The van der Waals surface area contributed by atoms with Gasteiger partial charge in [0.05, 0.1) is 6.42 Å². The van der Waals surface area contributed by atoms with Crippen LogP contribution in [-0.2, 0) is 4.79 Å². The summed E-state index contributed by atoms with van der Waals surface area (Å²) in [5.41, 5.74) is 2.24. The zero-order valence-corrected chi connectivity index (χ0v) is 13.8. The maximum atomic E-state index is 11.9. The van der Waals surface area contributed by atoms with E-state index < -0.39 is 0 Å². The molecule has 0 unspecified atom stereocenters. The van der Waals surface area contributed by atoms with Crippen molar-refractivity contribution in [1.29, 1.82) is 0 Å². The molecule has 2 aromatic rings. The lowest BCUT2D eigenvalue weighted by Gasteiger charge is -2.05. The fraction of sp³-hybridized carbons (Fsp3) is 0.222. The van der Waals surface area contributed by atoms with Crippen LogP contribution < -0.4 is 5.32 Å². The Labute approximate surface area is 136 Å². The first-order chi connectivity index (χ1) is 10.5. The van der Waals surface area contributed by atoms with Crippen molar-refractivity contribution in [3.05, 3.63) is 64.7 Å². The van der Waals surface area contributed by atoms with E-state index >= 15 is 0 Å². The SMILES string of the molecule is CC.Cc1ccc(C(=O)CC(=O)Nc2ccc(Cl)cc2)cc1. The molecule has 0 aliphatic rings. The molecular weight excluding hydrogens is 298 g/mol. The molecule has 0 saturated carbocycles. The number of hydrogen-bond donors (Lipinski definition) is 1. The van der Waals surface area contributed by atoms with Crippen molar-refractivity contribution < 1.29 is 9.59 Å². The van der Waals surface area contributed by atoms with Crippen LogP contribution >= 0.6 is 11.6 Å². The molecule has 0 aliphatic heterocycles. The predicted molar refractivity (Wildman–Crippen MR) is 91.6 cm³/mol. The lowest BCUT2D eigenvalue weighted by molar-refractivity contribution is -0.115. The molecule has 0 atom stereocenters. The molecule has 4 heteroatoms. The minimum absolute atomic E-state index is 0.175. The number of Topliss-reactive ketones (excluding diaryl/α,β-unsaturated/α-hetero) is 1. The summed E-state index contributed by atoms with van der Waals surface area (Å²) in [4.78, 5) is 23.7. The van der Waals surface area contributed by atoms with Crippen molar-refractivity contribution in [1.82, 2.24) is 0 Å². The number of nitrogens with one attached hydrogen (secondary N) is 1. The van der Waals surface area contributed by atoms with E-state index in [1.807, 2.05) is 32.9 Å². The fourth-order valence-electron chi connectivity index (χ4n) is 1.73. The average Bonchev–Trinajstić information content (AvgIpc) is 2.52. The third kappa shape index (κ3) is 5.70. The van der Waals surface area contributed by atoms with Gasteiger partial charge in [-0.2, -0.15) is 0 Å². The fourth-order valence-corrected chi connectivity index (χ4v) is 1.85. The van der Waals surface area contributed by atoms with Crippen LogP contribution in [0.4, 0.5) is 5.69 Å². The lowest BCUT2D eigenvalue weighted by atomic mass is 10.1. The van der Waals surface area contributed by atoms with Crippen LogP contribution in [0.15, 0.2) is 48.5 Å². The van der Waals surface area contributed by atoms with Crippen molar-refractivity contribution >= 4 is 29.0 Å². The minimum atomic E-state index is -0.335. The Bertz CT molecular complexity index is 619. The molecule has 0 aliphatic carbocycles. The predicted octanol–water partition coefficient (Wildman–Crippen LogP) is 4.89. The smallest absolute Gasteiger partial charge is 0.232 e. The van der Waals surface area contributed by atoms with Gasteiger partial charge < -0.3 is 5.32 Å². The van der Waals surface area contributed by atoms with Gasteiger partial charge in [-0.15, -0.1) is 0 Å². The number of ketones is 1. The summed E-state index contributed by atoms with van der Waals surface area (Å²) >= 11 is 5.76. The molecule has 1 amide bonds. The summed E-state index contributed by atoms with van der Waals surface area (Å²) in [7, 11) is 0. The minimum Gasteiger partial charge on any atom is -0.326 e. The molecule has 22 heavy (non-hydrogen) atoms. The summed E-state index contributed by atoms with van der Waals surface area (Å²) < 4.78 is 0. The highest BCUT2D eigenvalue weighted by Crippen LogP contribution is 2.14. The Kier molecular flexibility index (Phi) is 7.33. The van der Waals surface area contributed by atoms with Gasteiger partial charge in [0.2, 0.25) is 5.91 Å². The van der Waals surface area contributed by atoms with Crippen LogP contribution in [0.3, 0.4) is 0 Å². The second kappa shape index (κ2) is 9.00. The number of benzene rings is 2. The zero-order valence-electron chi connectivity index (χ0n) is 13.0. The highest BCUT2D eigenvalue weighted by atomic mass is 35.5. The zero-order chi connectivity index (χ0) is 16.5. The Balaban J connectivity index is 0.00000116. The van der Waals surface area contributed by atoms with E-state index in [1.54, 1.807) is 36.4 Å². The number of carbonyl (C=O) groups excluding carboxylic acids is 2. The maximum absolute atomic E-state index is 11.9. The van der Waals surface area contributed by atoms with E-state index in [9.17, 15) is 9.59 Å². The van der Waals surface area contributed by atoms with E-state index in [0.29, 0.717) is 16.3 Å². The van der Waals surface area contributed by atoms with Crippen molar-refractivity contribution in [2.45, 2.75) is 27.2 Å². The normalized spacial score (nSPS) is 9.45. The van der Waals surface area contributed by atoms with E-state index in [-0.39, 0.29) is 18.1 Å². The summed E-state index contributed by atoms with van der Waals surface area (Å²) in [5, 5.41) is 3.26. The van der Waals surface area contributed by atoms with E-state index in [0.717, 1.165) is 5.56 Å². The van der Waals surface area contributed by atoms with E-state index in [4.69, 9.17) is 11.6 Å². The summed E-state index contributed by atoms with van der Waals surface area (Å²) in [5.74, 6) is -0.533. The molecule has 116 valence electrons. The molecule has 2 aromatic carbocycles. The van der Waals surface area contributed by atoms with Crippen LogP contribution in [-0.4, -0.2) is 11.7 Å². The molecule has 0 heterocycles. The van der Waals surface area contributed by atoms with E-state index in [1.165, 1.54) is 0 Å². The molecule has 1 N–H and O–H groups in total. The number of carbonyl (C=O) groups is 2. The molecule has 3 nitrogen and oxygen atoms in total. The molecule has 0 saturated heterocycles. The van der Waals surface area contributed by atoms with Gasteiger partial charge in [0.25, 0.3) is 0 Å². The van der Waals surface area contributed by atoms with E-state index in [2.05, 4.69) is 5.32 Å². The molecule has 2 rings (SSSR count). The maximum Gasteiger partial charge on any atom is 0.232 e. The number of hydrogen-bond acceptors (Lipinski definition) is 2. The van der Waals surface area contributed by atoms with Crippen LogP contribution in [0.1, 0.15) is 36.2 Å². The number of amides is 1. The van der Waals surface area contributed by atoms with Gasteiger partial charge in [-0.25, -0.2) is 0 Å². The van der Waals surface area contributed by atoms with Crippen molar-refractivity contribution in [3.8, 4) is 0 Å². The standard InChI is InChI=1S/C16H14ClNO2.C2H6/c1-11-2-4-12(5-3-11)15(19)10-16(20)18-14-8-6-13(17)7-9-14;1-2/h2-9H,10H2,1H3,(H,18,20);1-2H3. The van der Waals surface area contributed by atoms with Crippen molar-refractivity contribution in [2.24, 2.45) is 0 Å². The highest BCUT2D eigenvalue weighted by molar-refractivity contribution is 6.30. The van der Waals surface area contributed by atoms with Crippen LogP contribution in [0.25, 0.3) is 0 Å². The molecule has 0 fully saturated rings. The first-order valence-electron chi connectivity index (χ1n) is 7.20. The summed E-state index contributed by atoms with van der Waals surface area (Å²) in [6.45, 7) is 5.95. The van der Waals surface area contributed by atoms with Crippen LogP contribution in [0.2, 0.25) is 5.02 Å². The van der Waals surface area contributed by atoms with Crippen molar-refractivity contribution in [2.75, 3.05) is 5.32 Å². The van der Waals surface area contributed by atoms with Crippen LogP contribution in [0.5, 0.6) is 0 Å². The number of anilines is 1. The summed E-state index contributed by atoms with van der Waals surface area (Å²) in [6, 6.07) is 13.9. The summed E-state index contributed by atoms with van der Waals surface area (Å²) in [6.07, 6.45) is -0.175. The lowest BCUT2D eigenvalue weighted by Crippen LogP contribution is -2.16. The third-order valence-corrected chi connectivity index (χ3v) is 3.07. The topological polar surface area (TPSA) is 46.2 Å². The first kappa shape index (κ1) is 17.9. The number of rotatable bonds is 4. The van der Waals surface area contributed by atoms with Gasteiger partial charge in [-0.3, -0.25) is 9.59 Å². The first-order valence-corrected chi connectivity index (χ1v) is 7.58. The van der Waals surface area contributed by atoms with Gasteiger partial charge in [0.15, 0.2) is 5.78 Å². The Morgan fingerprint density at radius 1 is 0.955 bits per heavy atom. The largest absolute Gasteiger partial charge is 0.326 e. The van der Waals surface area contributed by atoms with Gasteiger partial charge >= 0.3 is 0 Å². The molecular formula is C18H20ClNO2. The van der Waals surface area contributed by atoms with Gasteiger partial charge in [-0.05, 0) is 31.2 Å². The molecule has 0 spiro atoms. The number of aryl methyl sites for hydroxylation is 1. The quantitative estimate of drug-likeness (QED) is 0.645. The van der Waals surface area contributed by atoms with Gasteiger partial charge in [0, 0.05) is 16.3 Å². The average molecular weight is 318 g/mol.